The summed E-state index contributed by atoms with van der Waals surface area (Å²) >= 11 is 0. The van der Waals surface area contributed by atoms with E-state index in [2.05, 4.69) is 5.32 Å². The Morgan fingerprint density at radius 2 is 2.09 bits per heavy atom. The van der Waals surface area contributed by atoms with E-state index in [-0.39, 0.29) is 17.7 Å². The first-order valence-corrected chi connectivity index (χ1v) is 8.29. The molecule has 0 spiro atoms. The van der Waals surface area contributed by atoms with Crippen molar-refractivity contribution in [2.24, 2.45) is 5.92 Å². The van der Waals surface area contributed by atoms with Gasteiger partial charge in [0.25, 0.3) is 0 Å². The first kappa shape index (κ1) is 17.5. The molecule has 0 aliphatic carbocycles. The highest BCUT2D eigenvalue weighted by Crippen LogP contribution is 2.20. The molecule has 1 aromatic rings. The number of ether oxygens (including phenoxy) is 1. The van der Waals surface area contributed by atoms with Gasteiger partial charge in [-0.3, -0.25) is 9.59 Å². The maximum absolute atomic E-state index is 12.1. The highest BCUT2D eigenvalue weighted by molar-refractivity contribution is 5.89. The van der Waals surface area contributed by atoms with Gasteiger partial charge < -0.3 is 15.0 Å². The highest BCUT2D eigenvalue weighted by atomic mass is 16.5. The number of rotatable bonds is 8. The Morgan fingerprint density at radius 1 is 1.35 bits per heavy atom. The van der Waals surface area contributed by atoms with Crippen LogP contribution in [-0.2, 0) is 20.9 Å². The van der Waals surface area contributed by atoms with Crippen LogP contribution < -0.4 is 5.32 Å². The smallest absolute Gasteiger partial charge is 0.225 e. The highest BCUT2D eigenvalue weighted by Gasteiger charge is 2.33. The summed E-state index contributed by atoms with van der Waals surface area (Å²) in [6, 6.07) is 8.14. The Morgan fingerprint density at radius 3 is 2.78 bits per heavy atom. The summed E-state index contributed by atoms with van der Waals surface area (Å²) in [6.07, 6.45) is 1.11. The molecule has 0 unspecified atom stereocenters. The van der Waals surface area contributed by atoms with Gasteiger partial charge in [0.15, 0.2) is 0 Å². The fourth-order valence-corrected chi connectivity index (χ4v) is 2.69. The van der Waals surface area contributed by atoms with Gasteiger partial charge >= 0.3 is 0 Å². The van der Waals surface area contributed by atoms with Crippen molar-refractivity contribution in [2.45, 2.75) is 33.2 Å². The van der Waals surface area contributed by atoms with Gasteiger partial charge in [-0.25, -0.2) is 0 Å². The zero-order chi connectivity index (χ0) is 16.7. The van der Waals surface area contributed by atoms with Crippen LogP contribution >= 0.6 is 0 Å². The quantitative estimate of drug-likeness (QED) is 0.745. The van der Waals surface area contributed by atoms with Crippen molar-refractivity contribution < 1.29 is 14.3 Å². The predicted octanol–water partition coefficient (Wildman–Crippen LogP) is 1.89. The van der Waals surface area contributed by atoms with Gasteiger partial charge in [-0.05, 0) is 25.8 Å². The lowest BCUT2D eigenvalue weighted by Crippen LogP contribution is -2.33. The first-order chi connectivity index (χ1) is 11.1. The fourth-order valence-electron chi connectivity index (χ4n) is 2.69. The van der Waals surface area contributed by atoms with E-state index in [4.69, 9.17) is 4.74 Å². The molecule has 0 saturated carbocycles. The Balaban J connectivity index is 1.77. The summed E-state index contributed by atoms with van der Waals surface area (Å²) in [5, 5.41) is 2.90. The number of nitrogens with zero attached hydrogens (tertiary/aromatic N) is 1. The number of benzene rings is 1. The second kappa shape index (κ2) is 8.67. The van der Waals surface area contributed by atoms with E-state index in [1.807, 2.05) is 38.1 Å². The van der Waals surface area contributed by atoms with Crippen molar-refractivity contribution in [3.63, 3.8) is 0 Å². The van der Waals surface area contributed by atoms with Gasteiger partial charge in [0, 0.05) is 39.3 Å². The van der Waals surface area contributed by atoms with Gasteiger partial charge in [0.2, 0.25) is 11.8 Å². The number of carbonyl (C=O) groups is 2. The number of nitrogens with one attached hydrogen (secondary N) is 1. The minimum atomic E-state index is -0.236. The molecule has 1 heterocycles. The summed E-state index contributed by atoms with van der Waals surface area (Å²) in [5.74, 6) is -0.207. The van der Waals surface area contributed by atoms with E-state index in [1.54, 1.807) is 4.90 Å². The summed E-state index contributed by atoms with van der Waals surface area (Å²) in [7, 11) is 0. The van der Waals surface area contributed by atoms with Gasteiger partial charge in [0.1, 0.15) is 0 Å². The summed E-state index contributed by atoms with van der Waals surface area (Å²) < 4.78 is 5.24. The SMILES string of the molecule is CCOCCCNC(=O)[C@@H]1CC(=O)N(Cc2ccc(C)cc2)C1. The Labute approximate surface area is 138 Å². The standard InChI is InChI=1S/C18H26N2O3/c1-3-23-10-4-9-19-18(22)16-11-17(21)20(13-16)12-15-7-5-14(2)6-8-15/h5-8,16H,3-4,9-13H2,1-2H3,(H,19,22)/t16-/m1/s1. The average molecular weight is 318 g/mol. The number of likely N-dealkylation sites (tertiary alicyclic amines) is 1. The van der Waals surface area contributed by atoms with E-state index in [0.717, 1.165) is 12.0 Å². The van der Waals surface area contributed by atoms with E-state index in [1.165, 1.54) is 5.56 Å². The van der Waals surface area contributed by atoms with Crippen LogP contribution in [0.25, 0.3) is 0 Å². The van der Waals surface area contributed by atoms with E-state index in [0.29, 0.717) is 39.3 Å². The molecule has 1 atom stereocenters. The van der Waals surface area contributed by atoms with Gasteiger partial charge in [-0.2, -0.15) is 0 Å². The molecular weight excluding hydrogens is 292 g/mol. The third-order valence-electron chi connectivity index (χ3n) is 4.05. The minimum Gasteiger partial charge on any atom is -0.382 e. The molecular formula is C18H26N2O3. The third kappa shape index (κ3) is 5.36. The van der Waals surface area contributed by atoms with E-state index < -0.39 is 0 Å². The van der Waals surface area contributed by atoms with Crippen LogP contribution in [0.3, 0.4) is 0 Å². The number of amides is 2. The van der Waals surface area contributed by atoms with Crippen LogP contribution in [-0.4, -0.2) is 43.0 Å². The Bertz CT molecular complexity index is 528. The first-order valence-electron chi connectivity index (χ1n) is 8.29. The van der Waals surface area contributed by atoms with Crippen LogP contribution in [0, 0.1) is 12.8 Å². The molecule has 1 N–H and O–H groups in total. The van der Waals surface area contributed by atoms with Crippen molar-refractivity contribution in [1.29, 1.82) is 0 Å². The lowest BCUT2D eigenvalue weighted by atomic mass is 10.1. The molecule has 1 aromatic carbocycles. The topological polar surface area (TPSA) is 58.6 Å². The van der Waals surface area contributed by atoms with Gasteiger partial charge in [0.05, 0.1) is 5.92 Å². The molecule has 126 valence electrons. The lowest BCUT2D eigenvalue weighted by molar-refractivity contribution is -0.129. The zero-order valence-corrected chi connectivity index (χ0v) is 14.0. The lowest BCUT2D eigenvalue weighted by Gasteiger charge is -2.17. The molecule has 1 aliphatic heterocycles. The second-order valence-electron chi connectivity index (χ2n) is 6.00. The molecule has 1 aliphatic rings. The summed E-state index contributed by atoms with van der Waals surface area (Å²) in [5.41, 5.74) is 2.30. The Hall–Kier alpha value is -1.88. The number of hydrogen-bond acceptors (Lipinski definition) is 3. The van der Waals surface area contributed by atoms with Gasteiger partial charge in [-0.1, -0.05) is 29.8 Å². The maximum Gasteiger partial charge on any atom is 0.225 e. The van der Waals surface area contributed by atoms with Crippen molar-refractivity contribution >= 4 is 11.8 Å². The molecule has 1 fully saturated rings. The molecule has 23 heavy (non-hydrogen) atoms. The number of aryl methyl sites for hydroxylation is 1. The van der Waals surface area contributed by atoms with Gasteiger partial charge in [-0.15, -0.1) is 0 Å². The normalized spacial score (nSPS) is 17.6. The third-order valence-corrected chi connectivity index (χ3v) is 4.05. The van der Waals surface area contributed by atoms with Crippen LogP contribution in [0.2, 0.25) is 0 Å². The van der Waals surface area contributed by atoms with Crippen LogP contribution in [0.15, 0.2) is 24.3 Å². The zero-order valence-electron chi connectivity index (χ0n) is 14.0. The Kier molecular flexibility index (Phi) is 6.59. The fraction of sp³-hybridized carbons (Fsp3) is 0.556. The van der Waals surface area contributed by atoms with Crippen molar-refractivity contribution in [1.82, 2.24) is 10.2 Å². The molecule has 0 radical (unpaired) electrons. The van der Waals surface area contributed by atoms with Crippen molar-refractivity contribution in [2.75, 3.05) is 26.3 Å². The maximum atomic E-state index is 12.1. The molecule has 1 saturated heterocycles. The van der Waals surface area contributed by atoms with Crippen molar-refractivity contribution in [3.8, 4) is 0 Å². The van der Waals surface area contributed by atoms with E-state index >= 15 is 0 Å². The number of carbonyl (C=O) groups excluding carboxylic acids is 2. The molecule has 2 rings (SSSR count). The predicted molar refractivity (Wildman–Crippen MR) is 88.8 cm³/mol. The second-order valence-corrected chi connectivity index (χ2v) is 6.00. The van der Waals surface area contributed by atoms with Crippen LogP contribution in [0.4, 0.5) is 0 Å². The monoisotopic (exact) mass is 318 g/mol. The molecule has 0 bridgehead atoms. The van der Waals surface area contributed by atoms with Crippen molar-refractivity contribution in [3.05, 3.63) is 35.4 Å². The molecule has 5 nitrogen and oxygen atoms in total. The largest absolute Gasteiger partial charge is 0.382 e. The van der Waals surface area contributed by atoms with Crippen LogP contribution in [0.5, 0.6) is 0 Å². The van der Waals surface area contributed by atoms with Crippen LogP contribution in [0.1, 0.15) is 30.9 Å². The molecule has 2 amide bonds. The molecule has 5 heteroatoms. The van der Waals surface area contributed by atoms with E-state index in [9.17, 15) is 9.59 Å². The summed E-state index contributed by atoms with van der Waals surface area (Å²) in [4.78, 5) is 26.0. The number of hydrogen-bond donors (Lipinski definition) is 1. The average Bonchev–Trinajstić information content (AvgIpc) is 2.90. The minimum absolute atomic E-state index is 0.0266. The summed E-state index contributed by atoms with van der Waals surface area (Å²) in [6.45, 7) is 7.01. The molecule has 0 aromatic heterocycles.